The summed E-state index contributed by atoms with van der Waals surface area (Å²) >= 11 is 3.10. The molecule has 0 aliphatic heterocycles. The number of benzene rings is 1. The second kappa shape index (κ2) is 6.31. The van der Waals surface area contributed by atoms with Crippen molar-refractivity contribution in [2.75, 3.05) is 0 Å². The summed E-state index contributed by atoms with van der Waals surface area (Å²) in [5.41, 5.74) is 0.125. The molecule has 1 fully saturated rings. The van der Waals surface area contributed by atoms with Crippen LogP contribution >= 0.6 is 15.9 Å². The minimum atomic E-state index is -0.496. The van der Waals surface area contributed by atoms with E-state index in [1.807, 2.05) is 0 Å². The van der Waals surface area contributed by atoms with Crippen LogP contribution in [0.1, 0.15) is 38.7 Å². The van der Waals surface area contributed by atoms with Gasteiger partial charge in [-0.15, -0.1) is 0 Å². The first-order valence-electron chi connectivity index (χ1n) is 6.86. The van der Waals surface area contributed by atoms with Crippen molar-refractivity contribution in [3.8, 4) is 0 Å². The summed E-state index contributed by atoms with van der Waals surface area (Å²) < 4.78 is 27.8. The fourth-order valence-corrected chi connectivity index (χ4v) is 3.21. The Morgan fingerprint density at radius 1 is 1.26 bits per heavy atom. The predicted molar refractivity (Wildman–Crippen MR) is 76.9 cm³/mol. The molecule has 1 aliphatic carbocycles. The molecule has 4 heteroatoms. The van der Waals surface area contributed by atoms with Gasteiger partial charge in [0.15, 0.2) is 0 Å². The second-order valence-corrected chi connectivity index (χ2v) is 6.43. The molecule has 0 aromatic heterocycles. The van der Waals surface area contributed by atoms with Crippen LogP contribution in [0.25, 0.3) is 0 Å². The van der Waals surface area contributed by atoms with Gasteiger partial charge in [0.05, 0.1) is 4.47 Å². The maximum Gasteiger partial charge on any atom is 0.144 e. The molecule has 1 aromatic carbocycles. The molecule has 0 amide bonds. The molecule has 1 saturated carbocycles. The molecule has 1 aliphatic rings. The lowest BCUT2D eigenvalue weighted by atomic mass is 9.78. The second-order valence-electron chi connectivity index (χ2n) is 5.58. The molecule has 0 spiro atoms. The highest BCUT2D eigenvalue weighted by molar-refractivity contribution is 9.10. The Bertz CT molecular complexity index is 450. The van der Waals surface area contributed by atoms with Crippen LogP contribution < -0.4 is 5.32 Å². The van der Waals surface area contributed by atoms with Crippen molar-refractivity contribution >= 4 is 15.9 Å². The van der Waals surface area contributed by atoms with Crippen LogP contribution in [-0.2, 0) is 6.54 Å². The van der Waals surface area contributed by atoms with Gasteiger partial charge in [-0.3, -0.25) is 0 Å². The van der Waals surface area contributed by atoms with E-state index in [-0.39, 0.29) is 12.1 Å². The smallest absolute Gasteiger partial charge is 0.144 e. The maximum absolute atomic E-state index is 13.9. The van der Waals surface area contributed by atoms with Crippen LogP contribution in [0, 0.1) is 23.5 Å². The minimum absolute atomic E-state index is 0.125. The lowest BCUT2D eigenvalue weighted by Crippen LogP contribution is -2.40. The van der Waals surface area contributed by atoms with Gasteiger partial charge in [0, 0.05) is 18.2 Å². The highest BCUT2D eigenvalue weighted by Crippen LogP contribution is 2.30. The quantitative estimate of drug-likeness (QED) is 0.795. The molecular weight excluding hydrogens is 312 g/mol. The van der Waals surface area contributed by atoms with Gasteiger partial charge in [-0.05, 0) is 46.3 Å². The normalized spacial score (nSPS) is 27.5. The van der Waals surface area contributed by atoms with Crippen molar-refractivity contribution < 1.29 is 8.78 Å². The summed E-state index contributed by atoms with van der Waals surface area (Å²) in [6.07, 6.45) is 3.52. The van der Waals surface area contributed by atoms with Crippen LogP contribution in [-0.4, -0.2) is 6.04 Å². The van der Waals surface area contributed by atoms with Crippen LogP contribution in [0.15, 0.2) is 16.6 Å². The molecule has 1 N–H and O–H groups in total. The van der Waals surface area contributed by atoms with Gasteiger partial charge in [0.1, 0.15) is 11.6 Å². The van der Waals surface area contributed by atoms with Gasteiger partial charge in [-0.25, -0.2) is 8.78 Å². The third kappa shape index (κ3) is 3.34. The molecule has 19 heavy (non-hydrogen) atoms. The van der Waals surface area contributed by atoms with E-state index in [0.717, 1.165) is 6.42 Å². The summed E-state index contributed by atoms with van der Waals surface area (Å²) in [4.78, 5) is 0. The summed E-state index contributed by atoms with van der Waals surface area (Å²) in [7, 11) is 0. The van der Waals surface area contributed by atoms with Crippen LogP contribution in [0.5, 0.6) is 0 Å². The topological polar surface area (TPSA) is 12.0 Å². The number of hydrogen-bond donors (Lipinski definition) is 1. The van der Waals surface area contributed by atoms with Gasteiger partial charge in [0.2, 0.25) is 0 Å². The van der Waals surface area contributed by atoms with Gasteiger partial charge in [-0.2, -0.15) is 0 Å². The summed E-state index contributed by atoms with van der Waals surface area (Å²) in [6, 6.07) is 3.05. The molecule has 2 rings (SSSR count). The van der Waals surface area contributed by atoms with Crippen molar-refractivity contribution in [1.82, 2.24) is 5.32 Å². The molecular formula is C15H20BrF2N. The third-order valence-electron chi connectivity index (χ3n) is 4.39. The predicted octanol–water partition coefficient (Wildman–Crippen LogP) is 4.64. The standard InChI is InChI=1S/C15H20BrF2N/c1-9-4-3-5-14(10(9)2)19-8-11-13(17)7-6-12(16)15(11)18/h6-7,9-10,14,19H,3-5,8H2,1-2H3. The van der Waals surface area contributed by atoms with Crippen LogP contribution in [0.4, 0.5) is 8.78 Å². The van der Waals surface area contributed by atoms with Crippen molar-refractivity contribution in [3.63, 3.8) is 0 Å². The van der Waals surface area contributed by atoms with E-state index in [1.54, 1.807) is 0 Å². The molecule has 0 heterocycles. The largest absolute Gasteiger partial charge is 0.309 e. The fraction of sp³-hybridized carbons (Fsp3) is 0.600. The Labute approximate surface area is 121 Å². The molecule has 0 radical (unpaired) electrons. The highest BCUT2D eigenvalue weighted by Gasteiger charge is 2.27. The fourth-order valence-electron chi connectivity index (χ4n) is 2.83. The van der Waals surface area contributed by atoms with E-state index in [2.05, 4.69) is 35.1 Å². The number of nitrogens with one attached hydrogen (secondary N) is 1. The van der Waals surface area contributed by atoms with E-state index in [1.165, 1.54) is 25.0 Å². The van der Waals surface area contributed by atoms with Crippen molar-refractivity contribution in [3.05, 3.63) is 33.8 Å². The van der Waals surface area contributed by atoms with Gasteiger partial charge in [-0.1, -0.05) is 26.7 Å². The van der Waals surface area contributed by atoms with E-state index in [9.17, 15) is 8.78 Å². The van der Waals surface area contributed by atoms with Gasteiger partial charge < -0.3 is 5.32 Å². The summed E-state index contributed by atoms with van der Waals surface area (Å²) in [5.74, 6) is 0.240. The zero-order valence-corrected chi connectivity index (χ0v) is 12.9. The first-order valence-corrected chi connectivity index (χ1v) is 7.65. The lowest BCUT2D eigenvalue weighted by Gasteiger charge is -2.34. The first kappa shape index (κ1) is 14.9. The van der Waals surface area contributed by atoms with Crippen LogP contribution in [0.2, 0.25) is 0 Å². The lowest BCUT2D eigenvalue weighted by molar-refractivity contribution is 0.205. The average Bonchev–Trinajstić information content (AvgIpc) is 2.39. The van der Waals surface area contributed by atoms with E-state index >= 15 is 0 Å². The zero-order chi connectivity index (χ0) is 14.0. The highest BCUT2D eigenvalue weighted by atomic mass is 79.9. The van der Waals surface area contributed by atoms with Gasteiger partial charge >= 0.3 is 0 Å². The van der Waals surface area contributed by atoms with E-state index < -0.39 is 11.6 Å². The van der Waals surface area contributed by atoms with Gasteiger partial charge in [0.25, 0.3) is 0 Å². The maximum atomic E-state index is 13.9. The molecule has 106 valence electrons. The molecule has 3 atom stereocenters. The minimum Gasteiger partial charge on any atom is -0.309 e. The van der Waals surface area contributed by atoms with Crippen LogP contribution in [0.3, 0.4) is 0 Å². The first-order chi connectivity index (χ1) is 9.00. The zero-order valence-electron chi connectivity index (χ0n) is 11.3. The molecule has 0 saturated heterocycles. The third-order valence-corrected chi connectivity index (χ3v) is 5.00. The van der Waals surface area contributed by atoms with E-state index in [4.69, 9.17) is 0 Å². The Morgan fingerprint density at radius 2 is 2.00 bits per heavy atom. The van der Waals surface area contributed by atoms with Crippen molar-refractivity contribution in [2.45, 2.75) is 45.7 Å². The number of hydrogen-bond acceptors (Lipinski definition) is 1. The molecule has 0 bridgehead atoms. The van der Waals surface area contributed by atoms with Crippen molar-refractivity contribution in [2.24, 2.45) is 11.8 Å². The average molecular weight is 332 g/mol. The van der Waals surface area contributed by atoms with E-state index in [0.29, 0.717) is 22.4 Å². The SMILES string of the molecule is CC1CCCC(NCc2c(F)ccc(Br)c2F)C1C. The Kier molecular flexibility index (Phi) is 4.96. The summed E-state index contributed by atoms with van der Waals surface area (Å²) in [6.45, 7) is 4.72. The molecule has 1 aromatic rings. The Balaban J connectivity index is 2.04. The number of rotatable bonds is 3. The summed E-state index contributed by atoms with van der Waals surface area (Å²) in [5, 5.41) is 3.33. The number of halogens is 3. The van der Waals surface area contributed by atoms with Crippen molar-refractivity contribution in [1.29, 1.82) is 0 Å². The molecule has 3 unspecified atom stereocenters. The Hall–Kier alpha value is -0.480. The monoisotopic (exact) mass is 331 g/mol. The Morgan fingerprint density at radius 3 is 2.74 bits per heavy atom. The molecule has 1 nitrogen and oxygen atoms in total.